The van der Waals surface area contributed by atoms with Gasteiger partial charge in [-0.05, 0) is 42.5 Å². The number of hydrogen-bond donors (Lipinski definition) is 2. The van der Waals surface area contributed by atoms with Crippen LogP contribution < -0.4 is 20.3 Å². The van der Waals surface area contributed by atoms with Crippen molar-refractivity contribution < 1.29 is 23.5 Å². The van der Waals surface area contributed by atoms with Gasteiger partial charge in [-0.3, -0.25) is 14.4 Å². The quantitative estimate of drug-likeness (QED) is 0.557. The summed E-state index contributed by atoms with van der Waals surface area (Å²) in [6, 6.07) is 10.9. The van der Waals surface area contributed by atoms with Crippen molar-refractivity contribution in [1.29, 1.82) is 0 Å². The molecule has 0 aromatic heterocycles. The van der Waals surface area contributed by atoms with Crippen molar-refractivity contribution in [2.24, 2.45) is 5.92 Å². The Bertz CT molecular complexity index is 997. The number of carbonyl (C=O) groups excluding carboxylic acids is 3. The van der Waals surface area contributed by atoms with Gasteiger partial charge in [0.15, 0.2) is 6.61 Å². The summed E-state index contributed by atoms with van der Waals surface area (Å²) in [6.45, 7) is 3.90. The Balaban J connectivity index is 1.53. The Kier molecular flexibility index (Phi) is 7.41. The maximum atomic E-state index is 13.8. The van der Waals surface area contributed by atoms with E-state index in [2.05, 4.69) is 33.1 Å². The van der Waals surface area contributed by atoms with Crippen molar-refractivity contribution >= 4 is 45.0 Å². The molecule has 0 radical (unpaired) electrons. The van der Waals surface area contributed by atoms with Crippen LogP contribution in [-0.2, 0) is 14.4 Å². The van der Waals surface area contributed by atoms with Gasteiger partial charge in [0.1, 0.15) is 11.6 Å². The second-order valence-corrected chi connectivity index (χ2v) is 7.81. The lowest BCUT2D eigenvalue weighted by Gasteiger charge is -2.17. The van der Waals surface area contributed by atoms with Crippen molar-refractivity contribution in [2.75, 3.05) is 29.9 Å². The number of rotatable bonds is 8. The second-order valence-electron chi connectivity index (χ2n) is 6.89. The molecule has 0 unspecified atom stereocenters. The predicted octanol–water partition coefficient (Wildman–Crippen LogP) is 3.26. The van der Waals surface area contributed by atoms with Crippen LogP contribution in [0.1, 0.15) is 6.42 Å². The van der Waals surface area contributed by atoms with Gasteiger partial charge in [-0.15, -0.1) is 6.58 Å². The molecule has 1 aliphatic rings. The lowest BCUT2D eigenvalue weighted by atomic mass is 10.1. The number of anilines is 2. The summed E-state index contributed by atoms with van der Waals surface area (Å²) in [7, 11) is 0. The first kappa shape index (κ1) is 22.5. The van der Waals surface area contributed by atoms with Crippen LogP contribution >= 0.6 is 15.9 Å². The third kappa shape index (κ3) is 5.91. The van der Waals surface area contributed by atoms with Crippen LogP contribution in [0.5, 0.6) is 5.75 Å². The Labute approximate surface area is 187 Å². The van der Waals surface area contributed by atoms with E-state index in [0.717, 1.165) is 0 Å². The monoisotopic (exact) mass is 489 g/mol. The smallest absolute Gasteiger partial charge is 0.262 e. The van der Waals surface area contributed by atoms with E-state index in [0.29, 0.717) is 29.0 Å². The number of nitrogens with one attached hydrogen (secondary N) is 2. The van der Waals surface area contributed by atoms with E-state index in [-0.39, 0.29) is 30.5 Å². The number of amides is 3. The van der Waals surface area contributed by atoms with E-state index in [1.54, 1.807) is 41.3 Å². The second kappa shape index (κ2) is 10.2. The molecular weight excluding hydrogens is 469 g/mol. The topological polar surface area (TPSA) is 87.7 Å². The van der Waals surface area contributed by atoms with E-state index in [1.807, 2.05) is 0 Å². The van der Waals surface area contributed by atoms with Crippen molar-refractivity contribution in [3.63, 3.8) is 0 Å². The molecule has 1 saturated heterocycles. The average Bonchev–Trinajstić information content (AvgIpc) is 3.14. The van der Waals surface area contributed by atoms with Gasteiger partial charge in [0.05, 0.1) is 11.6 Å². The van der Waals surface area contributed by atoms with Crippen molar-refractivity contribution in [3.05, 3.63) is 65.4 Å². The standard InChI is InChI=1S/C22H21BrFN3O4/c1-2-9-25-22(30)14-10-21(29)27(12-14)16-4-6-17(7-5-16)31-13-20(28)26-19-8-3-15(23)11-18(19)24/h2-8,11,14H,1,9-10,12-13H2,(H,25,30)(H,26,28)/t14-/m0/s1. The van der Waals surface area contributed by atoms with E-state index in [4.69, 9.17) is 4.74 Å². The fourth-order valence-electron chi connectivity index (χ4n) is 3.10. The molecule has 3 rings (SSSR count). The molecule has 3 amide bonds. The number of nitrogens with zero attached hydrogens (tertiary/aromatic N) is 1. The van der Waals surface area contributed by atoms with Crippen LogP contribution in [0.3, 0.4) is 0 Å². The van der Waals surface area contributed by atoms with Crippen LogP contribution in [0.2, 0.25) is 0 Å². The summed E-state index contributed by atoms with van der Waals surface area (Å²) < 4.78 is 19.8. The van der Waals surface area contributed by atoms with Gasteiger partial charge in [-0.1, -0.05) is 22.0 Å². The minimum absolute atomic E-state index is 0.0615. The molecule has 1 fully saturated rings. The lowest BCUT2D eigenvalue weighted by Crippen LogP contribution is -2.32. The number of halogens is 2. The molecule has 1 atom stereocenters. The van der Waals surface area contributed by atoms with Crippen LogP contribution in [0.15, 0.2) is 59.6 Å². The van der Waals surface area contributed by atoms with Gasteiger partial charge in [0.25, 0.3) is 5.91 Å². The van der Waals surface area contributed by atoms with Gasteiger partial charge in [-0.25, -0.2) is 4.39 Å². The summed E-state index contributed by atoms with van der Waals surface area (Å²) in [5.41, 5.74) is 0.698. The molecule has 0 bridgehead atoms. The van der Waals surface area contributed by atoms with Crippen molar-refractivity contribution in [2.45, 2.75) is 6.42 Å². The third-order valence-corrected chi connectivity index (χ3v) is 5.13. The van der Waals surface area contributed by atoms with E-state index in [1.165, 1.54) is 12.1 Å². The number of hydrogen-bond acceptors (Lipinski definition) is 4. The maximum Gasteiger partial charge on any atom is 0.262 e. The van der Waals surface area contributed by atoms with Gasteiger partial charge >= 0.3 is 0 Å². The summed E-state index contributed by atoms with van der Waals surface area (Å²) >= 11 is 3.15. The van der Waals surface area contributed by atoms with Gasteiger partial charge in [0, 0.05) is 29.7 Å². The zero-order valence-corrected chi connectivity index (χ0v) is 18.2. The highest BCUT2D eigenvalue weighted by Crippen LogP contribution is 2.27. The molecule has 31 heavy (non-hydrogen) atoms. The van der Waals surface area contributed by atoms with E-state index >= 15 is 0 Å². The molecule has 0 spiro atoms. The lowest BCUT2D eigenvalue weighted by molar-refractivity contribution is -0.126. The molecular formula is C22H21BrFN3O4. The van der Waals surface area contributed by atoms with Crippen LogP contribution in [-0.4, -0.2) is 37.4 Å². The Morgan fingerprint density at radius 2 is 2.00 bits per heavy atom. The number of benzene rings is 2. The Morgan fingerprint density at radius 3 is 2.68 bits per heavy atom. The largest absolute Gasteiger partial charge is 0.484 e. The molecule has 2 aromatic rings. The number of carbonyl (C=O) groups is 3. The molecule has 9 heteroatoms. The summed E-state index contributed by atoms with van der Waals surface area (Å²) in [5.74, 6) is -1.37. The van der Waals surface area contributed by atoms with E-state index in [9.17, 15) is 18.8 Å². The van der Waals surface area contributed by atoms with Gasteiger partial charge in [-0.2, -0.15) is 0 Å². The minimum atomic E-state index is -0.557. The van der Waals surface area contributed by atoms with Crippen molar-refractivity contribution in [3.8, 4) is 5.75 Å². The predicted molar refractivity (Wildman–Crippen MR) is 118 cm³/mol. The fourth-order valence-corrected chi connectivity index (χ4v) is 3.43. The zero-order chi connectivity index (χ0) is 22.4. The normalized spacial score (nSPS) is 15.5. The summed E-state index contributed by atoms with van der Waals surface area (Å²) in [5, 5.41) is 5.15. The Hall–Kier alpha value is -3.20. The fraction of sp³-hybridized carbons (Fsp3) is 0.227. The maximum absolute atomic E-state index is 13.8. The van der Waals surface area contributed by atoms with Gasteiger partial charge in [0.2, 0.25) is 11.8 Å². The molecule has 2 N–H and O–H groups in total. The molecule has 1 heterocycles. The molecule has 0 saturated carbocycles. The first-order valence-electron chi connectivity index (χ1n) is 9.54. The summed E-state index contributed by atoms with van der Waals surface area (Å²) in [6.07, 6.45) is 1.73. The van der Waals surface area contributed by atoms with Crippen LogP contribution in [0.25, 0.3) is 0 Å². The van der Waals surface area contributed by atoms with Gasteiger partial charge < -0.3 is 20.3 Å². The highest BCUT2D eigenvalue weighted by molar-refractivity contribution is 9.10. The molecule has 2 aromatic carbocycles. The highest BCUT2D eigenvalue weighted by Gasteiger charge is 2.34. The molecule has 7 nitrogen and oxygen atoms in total. The molecule has 1 aliphatic heterocycles. The SMILES string of the molecule is C=CCNC(=O)[C@H]1CC(=O)N(c2ccc(OCC(=O)Nc3ccc(Br)cc3F)cc2)C1. The third-order valence-electron chi connectivity index (χ3n) is 4.64. The molecule has 162 valence electrons. The first-order valence-corrected chi connectivity index (χ1v) is 10.3. The van der Waals surface area contributed by atoms with Crippen LogP contribution in [0, 0.1) is 11.7 Å². The average molecular weight is 490 g/mol. The minimum Gasteiger partial charge on any atom is -0.484 e. The molecule has 0 aliphatic carbocycles. The summed E-state index contributed by atoms with van der Waals surface area (Å²) in [4.78, 5) is 37.9. The Morgan fingerprint density at radius 1 is 1.26 bits per heavy atom. The van der Waals surface area contributed by atoms with Crippen molar-refractivity contribution in [1.82, 2.24) is 5.32 Å². The number of ether oxygens (including phenoxy) is 1. The van der Waals surface area contributed by atoms with E-state index < -0.39 is 17.6 Å². The highest BCUT2D eigenvalue weighted by atomic mass is 79.9. The zero-order valence-electron chi connectivity index (χ0n) is 16.6. The van der Waals surface area contributed by atoms with Crippen LogP contribution in [0.4, 0.5) is 15.8 Å². The first-order chi connectivity index (χ1) is 14.9.